The fourth-order valence-electron chi connectivity index (χ4n) is 6.34. The minimum Gasteiger partial charge on any atom is -0.481 e. The zero-order valence-electron chi connectivity index (χ0n) is 27.9. The van der Waals surface area contributed by atoms with E-state index in [1.165, 1.54) is 12.1 Å². The van der Waals surface area contributed by atoms with E-state index in [1.807, 2.05) is 53.5 Å². The lowest BCUT2D eigenvalue weighted by Crippen LogP contribution is -2.28. The molecule has 50 heavy (non-hydrogen) atoms. The van der Waals surface area contributed by atoms with Gasteiger partial charge in [0.05, 0.1) is 21.8 Å². The van der Waals surface area contributed by atoms with Gasteiger partial charge in [-0.3, -0.25) is 18.5 Å². The van der Waals surface area contributed by atoms with Crippen molar-refractivity contribution in [3.63, 3.8) is 0 Å². The third-order valence-electron chi connectivity index (χ3n) is 8.77. The van der Waals surface area contributed by atoms with Gasteiger partial charge < -0.3 is 10.0 Å². The summed E-state index contributed by atoms with van der Waals surface area (Å²) >= 11 is 0. The van der Waals surface area contributed by atoms with E-state index in [4.69, 9.17) is 9.66 Å². The Labute approximate surface area is 293 Å². The molecule has 272 valence electrons. The average Bonchev–Trinajstić information content (AvgIpc) is 3.45. The molecule has 2 aliphatic rings. The van der Waals surface area contributed by atoms with Crippen LogP contribution >= 0.6 is 0 Å². The summed E-state index contributed by atoms with van der Waals surface area (Å²) in [6, 6.07) is 10.2. The Bertz CT molecular complexity index is 2080. The summed E-state index contributed by atoms with van der Waals surface area (Å²) < 4.78 is 98.4. The number of hydrogen-bond acceptors (Lipinski definition) is 8. The molecule has 16 heteroatoms. The lowest BCUT2D eigenvalue weighted by Gasteiger charge is -2.21. The van der Waals surface area contributed by atoms with Gasteiger partial charge in [-0.05, 0) is 81.0 Å². The molecule has 2 aromatic carbocycles. The second kappa shape index (κ2) is 15.7. The summed E-state index contributed by atoms with van der Waals surface area (Å²) in [5.41, 5.74) is 5.54. The summed E-state index contributed by atoms with van der Waals surface area (Å²) in [6.45, 7) is 5.03. The van der Waals surface area contributed by atoms with Gasteiger partial charge in [0.2, 0.25) is 5.69 Å². The fraction of sp³-hybridized carbons (Fsp3) is 0.412. The Morgan fingerprint density at radius 1 is 0.880 bits per heavy atom. The number of carbonyl (C=O) groups is 1. The van der Waals surface area contributed by atoms with Gasteiger partial charge in [0.25, 0.3) is 30.4 Å². The van der Waals surface area contributed by atoms with Crippen LogP contribution in [0.2, 0.25) is 0 Å². The molecule has 0 bridgehead atoms. The van der Waals surface area contributed by atoms with Crippen LogP contribution in [0.1, 0.15) is 62.6 Å². The van der Waals surface area contributed by atoms with Gasteiger partial charge in [0.1, 0.15) is 6.54 Å². The zero-order chi connectivity index (χ0) is 36.9. The first-order chi connectivity index (χ1) is 23.3. The molecule has 0 amide bonds. The van der Waals surface area contributed by atoms with Crippen molar-refractivity contribution in [3.8, 4) is 0 Å². The standard InChI is InChI=1S/C34H42N2O11S3/c1-34(2)29-22-25(13-17-33(37)38)12-15-31(29)36(19-7-9-21-49(42,43)44)32(34)11-5-3-4-10-27-23-26-24-28(50(45,46)47)14-16-30(26)35(27)18-6-8-20-48(39,40)41/h3-5,10-12,14-16,22,24H,6-9,13,17-21,23H2,1-2H3,(H3-,37,38,39,40,41,42,43,44,45,46,47)/p+1. The van der Waals surface area contributed by atoms with Crippen LogP contribution in [0.3, 0.4) is 0 Å². The first-order valence-electron chi connectivity index (χ1n) is 16.1. The average molecular weight is 752 g/mol. The monoisotopic (exact) mass is 751 g/mol. The fourth-order valence-corrected chi connectivity index (χ4v) is 8.01. The van der Waals surface area contributed by atoms with E-state index < -0.39 is 41.7 Å². The summed E-state index contributed by atoms with van der Waals surface area (Å²) in [5.74, 6) is -1.60. The molecule has 0 saturated carbocycles. The van der Waals surface area contributed by atoms with Crippen molar-refractivity contribution in [2.75, 3.05) is 29.5 Å². The maximum atomic E-state index is 11.7. The van der Waals surface area contributed by atoms with Crippen LogP contribution < -0.4 is 4.90 Å². The first-order valence-corrected chi connectivity index (χ1v) is 20.7. The third-order valence-corrected chi connectivity index (χ3v) is 11.2. The maximum absolute atomic E-state index is 11.7. The molecule has 0 fully saturated rings. The van der Waals surface area contributed by atoms with Crippen molar-refractivity contribution in [3.05, 3.63) is 89.2 Å². The lowest BCUT2D eigenvalue weighted by atomic mass is 9.80. The molecule has 0 spiro atoms. The number of allylic oxidation sites excluding steroid dienone is 6. The molecule has 2 aliphatic heterocycles. The molecule has 2 heterocycles. The summed E-state index contributed by atoms with van der Waals surface area (Å²) in [5, 5.41) is 9.16. The number of aliphatic carboxylic acids is 1. The second-order valence-corrected chi connectivity index (χ2v) is 17.5. The van der Waals surface area contributed by atoms with Crippen molar-refractivity contribution >= 4 is 53.4 Å². The van der Waals surface area contributed by atoms with E-state index >= 15 is 0 Å². The first kappa shape index (κ1) is 39.1. The quantitative estimate of drug-likeness (QED) is 0.0750. The SMILES string of the molecule is CC1(C)C(/C=C/C=C/C=C2\Cc3cc(S(=O)(=O)O)ccc3N2CCCCS(=O)(=O)O)=[N+](CCCCS(=O)(=O)O)c2ccc(CCC(=O)O)cc21. The molecular weight excluding hydrogens is 709 g/mol. The van der Waals surface area contributed by atoms with Crippen molar-refractivity contribution in [2.24, 2.45) is 0 Å². The third kappa shape index (κ3) is 10.4. The summed E-state index contributed by atoms with van der Waals surface area (Å²) in [4.78, 5) is 12.9. The Balaban J connectivity index is 1.59. The van der Waals surface area contributed by atoms with Gasteiger partial charge in [-0.25, -0.2) is 0 Å². The molecular formula is C34H43N2O11S3+. The normalized spacial score (nSPS) is 17.0. The Morgan fingerprint density at radius 2 is 1.56 bits per heavy atom. The van der Waals surface area contributed by atoms with E-state index in [9.17, 15) is 39.2 Å². The molecule has 0 aliphatic carbocycles. The molecule has 0 aromatic heterocycles. The molecule has 13 nitrogen and oxygen atoms in total. The number of carboxylic acids is 1. The number of fused-ring (bicyclic) bond motifs is 2. The molecule has 4 rings (SSSR count). The van der Waals surface area contributed by atoms with E-state index in [1.54, 1.807) is 6.07 Å². The molecule has 0 atom stereocenters. The van der Waals surface area contributed by atoms with E-state index in [-0.39, 0.29) is 35.7 Å². The molecule has 0 saturated heterocycles. The van der Waals surface area contributed by atoms with Gasteiger partial charge in [-0.2, -0.15) is 29.8 Å². The van der Waals surface area contributed by atoms with Gasteiger partial charge in [-0.1, -0.05) is 24.3 Å². The predicted molar refractivity (Wildman–Crippen MR) is 190 cm³/mol. The highest BCUT2D eigenvalue weighted by Gasteiger charge is 2.44. The van der Waals surface area contributed by atoms with E-state index in [0.717, 1.165) is 33.9 Å². The van der Waals surface area contributed by atoms with Crippen LogP contribution in [0.25, 0.3) is 0 Å². The molecule has 0 unspecified atom stereocenters. The number of benzene rings is 2. The molecule has 4 N–H and O–H groups in total. The van der Waals surface area contributed by atoms with Crippen LogP contribution in [0.4, 0.5) is 11.4 Å². The highest BCUT2D eigenvalue weighted by atomic mass is 32.2. The van der Waals surface area contributed by atoms with Crippen LogP contribution in [-0.2, 0) is 53.4 Å². The highest BCUT2D eigenvalue weighted by molar-refractivity contribution is 7.86. The van der Waals surface area contributed by atoms with Crippen LogP contribution in [-0.4, -0.2) is 84.9 Å². The summed E-state index contributed by atoms with van der Waals surface area (Å²) in [6.07, 6.45) is 11.5. The van der Waals surface area contributed by atoms with E-state index in [0.29, 0.717) is 44.3 Å². The minimum absolute atomic E-state index is 0.00408. The van der Waals surface area contributed by atoms with Gasteiger partial charge in [-0.15, -0.1) is 0 Å². The number of unbranched alkanes of at least 4 members (excludes halogenated alkanes) is 2. The summed E-state index contributed by atoms with van der Waals surface area (Å²) in [7, 11) is -12.6. The predicted octanol–water partition coefficient (Wildman–Crippen LogP) is 4.72. The van der Waals surface area contributed by atoms with Crippen LogP contribution in [0.5, 0.6) is 0 Å². The minimum atomic E-state index is -4.41. The lowest BCUT2D eigenvalue weighted by molar-refractivity contribution is -0.438. The van der Waals surface area contributed by atoms with Crippen molar-refractivity contribution < 1.29 is 53.4 Å². The Morgan fingerprint density at radius 3 is 2.20 bits per heavy atom. The van der Waals surface area contributed by atoms with Crippen molar-refractivity contribution in [1.82, 2.24) is 0 Å². The van der Waals surface area contributed by atoms with Gasteiger partial charge >= 0.3 is 5.97 Å². The molecule has 2 aromatic rings. The Kier molecular flexibility index (Phi) is 12.3. The number of rotatable bonds is 17. The maximum Gasteiger partial charge on any atom is 0.303 e. The zero-order valence-corrected chi connectivity index (χ0v) is 30.3. The Hall–Kier alpha value is -3.67. The number of carboxylic acid groups (broad SMARTS) is 1. The number of aryl methyl sites for hydroxylation is 1. The smallest absolute Gasteiger partial charge is 0.303 e. The van der Waals surface area contributed by atoms with E-state index in [2.05, 4.69) is 18.4 Å². The second-order valence-electron chi connectivity index (χ2n) is 12.9. The number of hydrogen-bond donors (Lipinski definition) is 4. The number of anilines is 1. The highest BCUT2D eigenvalue weighted by Crippen LogP contribution is 2.41. The van der Waals surface area contributed by atoms with Crippen molar-refractivity contribution in [2.45, 2.75) is 69.1 Å². The molecule has 0 radical (unpaired) electrons. The van der Waals surface area contributed by atoms with Crippen LogP contribution in [0.15, 0.2) is 77.4 Å². The van der Waals surface area contributed by atoms with Crippen LogP contribution in [0, 0.1) is 0 Å². The number of nitrogens with zero attached hydrogens (tertiary/aromatic N) is 2. The van der Waals surface area contributed by atoms with Gasteiger partial charge in [0, 0.05) is 54.9 Å². The topological polar surface area (TPSA) is 207 Å². The largest absolute Gasteiger partial charge is 0.481 e. The van der Waals surface area contributed by atoms with Gasteiger partial charge in [0.15, 0.2) is 5.71 Å². The van der Waals surface area contributed by atoms with Crippen molar-refractivity contribution in [1.29, 1.82) is 0 Å².